The van der Waals surface area contributed by atoms with Crippen molar-refractivity contribution in [1.29, 1.82) is 0 Å². The van der Waals surface area contributed by atoms with Crippen molar-refractivity contribution in [3.8, 4) is 11.1 Å². The molecule has 0 saturated carbocycles. The second-order valence-electron chi connectivity index (χ2n) is 5.12. The summed E-state index contributed by atoms with van der Waals surface area (Å²) >= 11 is 6.18. The highest BCUT2D eigenvalue weighted by Gasteiger charge is 2.22. The Bertz CT molecular complexity index is 907. The van der Waals surface area contributed by atoms with Gasteiger partial charge in [-0.3, -0.25) is 10.1 Å². The smallest absolute Gasteiger partial charge is 0.279 e. The van der Waals surface area contributed by atoms with Crippen molar-refractivity contribution in [2.24, 2.45) is 0 Å². The summed E-state index contributed by atoms with van der Waals surface area (Å²) in [5.41, 5.74) is 7.82. The number of hydrogen-bond acceptors (Lipinski definition) is 3. The minimum absolute atomic E-state index is 0.0327. The van der Waals surface area contributed by atoms with E-state index < -0.39 is 4.92 Å². The SMILES string of the molecule is Cc1c(Cl)c(N)cc([N+](=O)[O-])c1-c1ccc2ccccc2c1. The molecule has 0 spiro atoms. The first kappa shape index (κ1) is 14.4. The van der Waals surface area contributed by atoms with Crippen LogP contribution in [0.25, 0.3) is 21.9 Å². The van der Waals surface area contributed by atoms with Crippen molar-refractivity contribution in [2.75, 3.05) is 5.73 Å². The zero-order chi connectivity index (χ0) is 15.9. The van der Waals surface area contributed by atoms with Gasteiger partial charge in [0, 0.05) is 6.07 Å². The average molecular weight is 313 g/mol. The lowest BCUT2D eigenvalue weighted by molar-refractivity contribution is -0.384. The molecule has 0 aliphatic carbocycles. The first-order chi connectivity index (χ1) is 10.5. The first-order valence-electron chi connectivity index (χ1n) is 6.71. The monoisotopic (exact) mass is 312 g/mol. The highest BCUT2D eigenvalue weighted by atomic mass is 35.5. The van der Waals surface area contributed by atoms with Crippen molar-refractivity contribution < 1.29 is 4.92 Å². The van der Waals surface area contributed by atoms with Crippen LogP contribution in [0.4, 0.5) is 11.4 Å². The molecule has 0 fully saturated rings. The number of nitrogens with two attached hydrogens (primary N) is 1. The molecule has 0 atom stereocenters. The zero-order valence-corrected chi connectivity index (χ0v) is 12.6. The van der Waals surface area contributed by atoms with Crippen LogP contribution >= 0.6 is 11.6 Å². The van der Waals surface area contributed by atoms with E-state index in [2.05, 4.69) is 0 Å². The van der Waals surface area contributed by atoms with Gasteiger partial charge in [0.25, 0.3) is 5.69 Å². The maximum Gasteiger partial charge on any atom is 0.279 e. The number of nitro benzene ring substituents is 1. The Morgan fingerprint density at radius 1 is 1.09 bits per heavy atom. The van der Waals surface area contributed by atoms with E-state index in [4.69, 9.17) is 17.3 Å². The largest absolute Gasteiger partial charge is 0.397 e. The molecule has 0 bridgehead atoms. The van der Waals surface area contributed by atoms with Crippen LogP contribution in [0.1, 0.15) is 5.56 Å². The maximum absolute atomic E-state index is 11.4. The number of anilines is 1. The molecule has 0 radical (unpaired) electrons. The number of nitrogens with zero attached hydrogens (tertiary/aromatic N) is 1. The van der Waals surface area contributed by atoms with E-state index in [0.717, 1.165) is 16.3 Å². The number of fused-ring (bicyclic) bond motifs is 1. The van der Waals surface area contributed by atoms with Gasteiger partial charge in [-0.1, -0.05) is 48.0 Å². The van der Waals surface area contributed by atoms with Gasteiger partial charge < -0.3 is 5.73 Å². The van der Waals surface area contributed by atoms with E-state index in [9.17, 15) is 10.1 Å². The molecule has 0 aliphatic heterocycles. The Morgan fingerprint density at radius 2 is 1.77 bits per heavy atom. The highest BCUT2D eigenvalue weighted by molar-refractivity contribution is 6.34. The minimum atomic E-state index is -0.426. The van der Waals surface area contributed by atoms with Crippen LogP contribution in [0.3, 0.4) is 0 Å². The van der Waals surface area contributed by atoms with Gasteiger partial charge in [0.05, 0.1) is 21.2 Å². The predicted molar refractivity (Wildman–Crippen MR) is 90.2 cm³/mol. The molecule has 5 heteroatoms. The third-order valence-corrected chi connectivity index (χ3v) is 4.24. The van der Waals surface area contributed by atoms with Crippen LogP contribution in [0.2, 0.25) is 5.02 Å². The predicted octanol–water partition coefficient (Wildman–Crippen LogP) is 4.96. The van der Waals surface area contributed by atoms with E-state index in [-0.39, 0.29) is 11.4 Å². The summed E-state index contributed by atoms with van der Waals surface area (Å²) in [6.07, 6.45) is 0. The molecule has 0 amide bonds. The summed E-state index contributed by atoms with van der Waals surface area (Å²) in [5.74, 6) is 0. The third kappa shape index (κ3) is 2.27. The number of halogens is 1. The van der Waals surface area contributed by atoms with Crippen LogP contribution in [0, 0.1) is 17.0 Å². The van der Waals surface area contributed by atoms with Crippen LogP contribution in [-0.4, -0.2) is 4.92 Å². The molecular formula is C17H13ClN2O2. The van der Waals surface area contributed by atoms with Gasteiger partial charge in [0.15, 0.2) is 0 Å². The molecule has 0 aromatic heterocycles. The molecule has 0 heterocycles. The molecule has 0 unspecified atom stereocenters. The fourth-order valence-corrected chi connectivity index (χ4v) is 2.80. The van der Waals surface area contributed by atoms with Crippen LogP contribution in [-0.2, 0) is 0 Å². The molecule has 3 rings (SSSR count). The van der Waals surface area contributed by atoms with Crippen molar-refractivity contribution >= 4 is 33.7 Å². The Morgan fingerprint density at radius 3 is 2.45 bits per heavy atom. The summed E-state index contributed by atoms with van der Waals surface area (Å²) in [5, 5.41) is 13.8. The van der Waals surface area contributed by atoms with Gasteiger partial charge in [-0.15, -0.1) is 0 Å². The topological polar surface area (TPSA) is 69.2 Å². The van der Waals surface area contributed by atoms with Gasteiger partial charge in [-0.25, -0.2) is 0 Å². The van der Waals surface area contributed by atoms with Gasteiger partial charge in [0.1, 0.15) is 0 Å². The van der Waals surface area contributed by atoms with E-state index in [1.54, 1.807) is 6.92 Å². The number of benzene rings is 3. The second kappa shape index (κ2) is 5.31. The molecule has 3 aromatic carbocycles. The Balaban J connectivity index is 2.33. The van der Waals surface area contributed by atoms with E-state index in [1.165, 1.54) is 6.07 Å². The van der Waals surface area contributed by atoms with Gasteiger partial charge in [0.2, 0.25) is 0 Å². The summed E-state index contributed by atoms with van der Waals surface area (Å²) in [6.45, 7) is 1.75. The van der Waals surface area contributed by atoms with Gasteiger partial charge >= 0.3 is 0 Å². The number of rotatable bonds is 2. The second-order valence-corrected chi connectivity index (χ2v) is 5.50. The Hall–Kier alpha value is -2.59. The number of hydrogen-bond donors (Lipinski definition) is 1. The number of nitrogen functional groups attached to an aromatic ring is 1. The third-order valence-electron chi connectivity index (χ3n) is 3.74. The summed E-state index contributed by atoms with van der Waals surface area (Å²) < 4.78 is 0. The Labute approximate surface area is 132 Å². The molecule has 2 N–H and O–H groups in total. The fraction of sp³-hybridized carbons (Fsp3) is 0.0588. The molecule has 0 aliphatic rings. The van der Waals surface area contributed by atoms with Gasteiger partial charge in [-0.2, -0.15) is 0 Å². The van der Waals surface area contributed by atoms with Crippen LogP contribution in [0.5, 0.6) is 0 Å². The van der Waals surface area contributed by atoms with Crippen molar-refractivity contribution in [1.82, 2.24) is 0 Å². The fourth-order valence-electron chi connectivity index (χ4n) is 2.65. The van der Waals surface area contributed by atoms with E-state index in [0.29, 0.717) is 16.1 Å². The molecule has 22 heavy (non-hydrogen) atoms. The van der Waals surface area contributed by atoms with Gasteiger partial charge in [-0.05, 0) is 34.9 Å². The van der Waals surface area contributed by atoms with Crippen LogP contribution < -0.4 is 5.73 Å². The lowest BCUT2D eigenvalue weighted by Gasteiger charge is -2.12. The Kier molecular flexibility index (Phi) is 3.47. The minimum Gasteiger partial charge on any atom is -0.397 e. The van der Waals surface area contributed by atoms with E-state index >= 15 is 0 Å². The summed E-state index contributed by atoms with van der Waals surface area (Å²) in [7, 11) is 0. The molecule has 3 aromatic rings. The highest BCUT2D eigenvalue weighted by Crippen LogP contribution is 2.40. The quantitative estimate of drug-likeness (QED) is 0.413. The zero-order valence-electron chi connectivity index (χ0n) is 11.8. The average Bonchev–Trinajstić information content (AvgIpc) is 2.51. The molecular weight excluding hydrogens is 300 g/mol. The normalized spacial score (nSPS) is 10.8. The van der Waals surface area contributed by atoms with E-state index in [1.807, 2.05) is 42.5 Å². The van der Waals surface area contributed by atoms with Crippen LogP contribution in [0.15, 0.2) is 48.5 Å². The first-order valence-corrected chi connectivity index (χ1v) is 7.09. The maximum atomic E-state index is 11.4. The lowest BCUT2D eigenvalue weighted by atomic mass is 9.95. The standard InChI is InChI=1S/C17H13ClN2O2/c1-10-16(15(20(21)22)9-14(19)17(10)18)13-7-6-11-4-2-3-5-12(11)8-13/h2-9H,19H2,1H3. The van der Waals surface area contributed by atoms with Crippen molar-refractivity contribution in [2.45, 2.75) is 6.92 Å². The lowest BCUT2D eigenvalue weighted by Crippen LogP contribution is -1.99. The molecule has 110 valence electrons. The van der Waals surface area contributed by atoms with Crippen molar-refractivity contribution in [3.05, 3.63) is 69.2 Å². The summed E-state index contributed by atoms with van der Waals surface area (Å²) in [6, 6.07) is 14.9. The summed E-state index contributed by atoms with van der Waals surface area (Å²) in [4.78, 5) is 11.0. The molecule has 0 saturated heterocycles. The number of nitro groups is 1. The van der Waals surface area contributed by atoms with Crippen molar-refractivity contribution in [3.63, 3.8) is 0 Å². The molecule has 4 nitrogen and oxygen atoms in total.